The number of pyridine rings is 3. The van der Waals surface area contributed by atoms with Crippen molar-refractivity contribution in [1.82, 2.24) is 19.9 Å². The minimum atomic E-state index is -3.94. The number of aromatic amines is 1. The quantitative estimate of drug-likeness (QED) is 0.290. The predicted molar refractivity (Wildman–Crippen MR) is 142 cm³/mol. The summed E-state index contributed by atoms with van der Waals surface area (Å²) in [7, 11) is -3.94. The number of H-pyrrole nitrogens is 1. The van der Waals surface area contributed by atoms with Crippen molar-refractivity contribution in [3.05, 3.63) is 77.0 Å². The molecular formula is C26H28N6O4S. The molecule has 11 heteroatoms. The number of hydrogen-bond acceptors (Lipinski definition) is 8. The van der Waals surface area contributed by atoms with E-state index in [0.717, 1.165) is 38.2 Å². The van der Waals surface area contributed by atoms with Crippen molar-refractivity contribution >= 4 is 32.3 Å². The van der Waals surface area contributed by atoms with Gasteiger partial charge in [0.25, 0.3) is 5.56 Å². The molecule has 192 valence electrons. The number of β-amino-alcohol motifs (C(OH)–C–C–N with tert-alkyl or cyclic N) is 1. The molecule has 10 nitrogen and oxygen atoms in total. The Bertz CT molecular complexity index is 1580. The van der Waals surface area contributed by atoms with Crippen molar-refractivity contribution in [3.8, 4) is 11.3 Å². The third kappa shape index (κ3) is 5.54. The van der Waals surface area contributed by atoms with E-state index in [0.29, 0.717) is 33.8 Å². The summed E-state index contributed by atoms with van der Waals surface area (Å²) in [5, 5.41) is 18.7. The summed E-state index contributed by atoms with van der Waals surface area (Å²) < 4.78 is 23.6. The highest BCUT2D eigenvalue weighted by atomic mass is 32.2. The fourth-order valence-corrected chi connectivity index (χ4v) is 5.27. The molecule has 5 N–H and O–H groups in total. The Kier molecular flexibility index (Phi) is 7.02. The molecule has 37 heavy (non-hydrogen) atoms. The van der Waals surface area contributed by atoms with Crippen molar-refractivity contribution in [2.45, 2.75) is 23.7 Å². The van der Waals surface area contributed by atoms with Gasteiger partial charge in [-0.2, -0.15) is 0 Å². The Morgan fingerprint density at radius 3 is 2.57 bits per heavy atom. The van der Waals surface area contributed by atoms with E-state index in [1.165, 1.54) is 24.0 Å². The molecule has 0 bridgehead atoms. The van der Waals surface area contributed by atoms with Crippen LogP contribution in [-0.4, -0.2) is 59.6 Å². The number of aliphatic hydroxyl groups is 1. The van der Waals surface area contributed by atoms with Gasteiger partial charge in [-0.3, -0.25) is 9.78 Å². The van der Waals surface area contributed by atoms with Crippen molar-refractivity contribution in [2.24, 2.45) is 5.14 Å². The number of anilines is 2. The maximum absolute atomic E-state index is 12.7. The van der Waals surface area contributed by atoms with Crippen LogP contribution in [0.25, 0.3) is 22.0 Å². The maximum atomic E-state index is 12.7. The zero-order valence-electron chi connectivity index (χ0n) is 20.1. The number of nitrogens with two attached hydrogens (primary N) is 1. The Balaban J connectivity index is 1.45. The summed E-state index contributed by atoms with van der Waals surface area (Å²) in [5.74, 6) is 0.813. The number of primary sulfonamides is 1. The van der Waals surface area contributed by atoms with Crippen LogP contribution >= 0.6 is 0 Å². The van der Waals surface area contributed by atoms with Crippen molar-refractivity contribution in [1.29, 1.82) is 0 Å². The van der Waals surface area contributed by atoms with Gasteiger partial charge in [0.1, 0.15) is 10.7 Å². The summed E-state index contributed by atoms with van der Waals surface area (Å²) in [6.45, 7) is 2.85. The molecule has 1 aliphatic heterocycles. The van der Waals surface area contributed by atoms with E-state index in [9.17, 15) is 13.2 Å². The highest BCUT2D eigenvalue weighted by molar-refractivity contribution is 7.89. The first-order valence-electron chi connectivity index (χ1n) is 12.0. The zero-order chi connectivity index (χ0) is 26.0. The van der Waals surface area contributed by atoms with E-state index in [1.807, 2.05) is 12.1 Å². The van der Waals surface area contributed by atoms with Crippen LogP contribution in [0.4, 0.5) is 11.5 Å². The van der Waals surface area contributed by atoms with Crippen LogP contribution in [0.5, 0.6) is 0 Å². The Hall–Kier alpha value is -3.64. The largest absolute Gasteiger partial charge is 0.395 e. The number of likely N-dealkylation sites (tertiary alicyclic amines) is 1. The SMILES string of the molecule is NS(=O)(=O)c1cncc(-c2cc3cc[nH]c(=O)c3c(Nc3ccc(C4CCN(CCO)CC4)cc3)n2)c1. The van der Waals surface area contributed by atoms with E-state index < -0.39 is 10.0 Å². The van der Waals surface area contributed by atoms with E-state index >= 15 is 0 Å². The van der Waals surface area contributed by atoms with Gasteiger partial charge in [0, 0.05) is 36.4 Å². The number of nitrogens with one attached hydrogen (secondary N) is 2. The molecule has 1 aliphatic rings. The topological polar surface area (TPSA) is 154 Å². The minimum Gasteiger partial charge on any atom is -0.395 e. The van der Waals surface area contributed by atoms with Crippen LogP contribution < -0.4 is 16.0 Å². The summed E-state index contributed by atoms with van der Waals surface area (Å²) >= 11 is 0. The predicted octanol–water partition coefficient (Wildman–Crippen LogP) is 2.55. The molecule has 1 aromatic carbocycles. The third-order valence-corrected chi connectivity index (χ3v) is 7.62. The third-order valence-electron chi connectivity index (χ3n) is 6.74. The smallest absolute Gasteiger partial charge is 0.259 e. The molecule has 0 amide bonds. The summed E-state index contributed by atoms with van der Waals surface area (Å²) in [6.07, 6.45) is 6.32. The van der Waals surface area contributed by atoms with Crippen LogP contribution in [0.15, 0.2) is 70.7 Å². The molecule has 4 heterocycles. The van der Waals surface area contributed by atoms with Crippen molar-refractivity contribution < 1.29 is 13.5 Å². The van der Waals surface area contributed by atoms with Crippen LogP contribution in [0, 0.1) is 0 Å². The fourth-order valence-electron chi connectivity index (χ4n) is 4.77. The van der Waals surface area contributed by atoms with E-state index in [2.05, 4.69) is 37.3 Å². The summed E-state index contributed by atoms with van der Waals surface area (Å²) in [4.78, 5) is 26.2. The first kappa shape index (κ1) is 25.0. The normalized spacial score (nSPS) is 15.2. The molecule has 0 saturated carbocycles. The Labute approximate surface area is 214 Å². The number of fused-ring (bicyclic) bond motifs is 1. The van der Waals surface area contributed by atoms with Crippen LogP contribution in [0.3, 0.4) is 0 Å². The van der Waals surface area contributed by atoms with E-state index in [4.69, 9.17) is 10.2 Å². The molecule has 3 aromatic heterocycles. The molecule has 0 aliphatic carbocycles. The molecule has 5 rings (SSSR count). The van der Waals surface area contributed by atoms with Gasteiger partial charge in [-0.1, -0.05) is 12.1 Å². The summed E-state index contributed by atoms with van der Waals surface area (Å²) in [5.41, 5.74) is 2.64. The maximum Gasteiger partial charge on any atom is 0.259 e. The lowest BCUT2D eigenvalue weighted by atomic mass is 9.89. The van der Waals surface area contributed by atoms with Gasteiger partial charge in [0.05, 0.1) is 17.7 Å². The number of nitrogens with zero attached hydrogens (tertiary/aromatic N) is 3. The minimum absolute atomic E-state index is 0.120. The van der Waals surface area contributed by atoms with E-state index in [1.54, 1.807) is 18.3 Å². The van der Waals surface area contributed by atoms with Gasteiger partial charge in [-0.25, -0.2) is 18.5 Å². The lowest BCUT2D eigenvalue weighted by Crippen LogP contribution is -2.34. The second kappa shape index (κ2) is 10.4. The van der Waals surface area contributed by atoms with Crippen LogP contribution in [-0.2, 0) is 10.0 Å². The summed E-state index contributed by atoms with van der Waals surface area (Å²) in [6, 6.07) is 13.0. The lowest BCUT2D eigenvalue weighted by Gasteiger charge is -2.31. The molecule has 1 saturated heterocycles. The Morgan fingerprint density at radius 2 is 1.86 bits per heavy atom. The van der Waals surface area contributed by atoms with Gasteiger partial charge >= 0.3 is 0 Å². The van der Waals surface area contributed by atoms with Gasteiger partial charge in [0.2, 0.25) is 10.0 Å². The van der Waals surface area contributed by atoms with Crippen LogP contribution in [0.1, 0.15) is 24.3 Å². The molecular weight excluding hydrogens is 492 g/mol. The van der Waals surface area contributed by atoms with E-state index in [-0.39, 0.29) is 17.1 Å². The zero-order valence-corrected chi connectivity index (χ0v) is 20.9. The molecule has 1 fully saturated rings. The molecule has 0 radical (unpaired) electrons. The molecule has 4 aromatic rings. The molecule has 0 unspecified atom stereocenters. The number of benzene rings is 1. The number of aromatic nitrogens is 3. The number of aliphatic hydroxyl groups excluding tert-OH is 1. The molecule has 0 atom stereocenters. The van der Waals surface area contributed by atoms with Gasteiger partial charge in [-0.15, -0.1) is 0 Å². The fraction of sp³-hybridized carbons (Fsp3) is 0.269. The average Bonchev–Trinajstić information content (AvgIpc) is 2.89. The van der Waals surface area contributed by atoms with Gasteiger partial charge in [-0.05, 0) is 73.1 Å². The van der Waals surface area contributed by atoms with Crippen molar-refractivity contribution in [3.63, 3.8) is 0 Å². The number of hydrogen-bond donors (Lipinski definition) is 4. The van der Waals surface area contributed by atoms with Crippen LogP contribution in [0.2, 0.25) is 0 Å². The number of sulfonamides is 1. The first-order valence-corrected chi connectivity index (χ1v) is 13.6. The average molecular weight is 521 g/mol. The molecule has 0 spiro atoms. The lowest BCUT2D eigenvalue weighted by molar-refractivity contribution is 0.164. The first-order chi connectivity index (χ1) is 17.8. The number of piperidine rings is 1. The standard InChI is InChI=1S/C26H28N6O4S/c27-37(35,36)22-13-20(15-28-16-22)23-14-19-5-8-29-26(34)24(19)25(31-23)30-21-3-1-17(2-4-21)18-6-9-32(10-7-18)11-12-33/h1-5,8,13-16,18,33H,6-7,9-12H2,(H,29,34)(H,30,31)(H2,27,35,36). The highest BCUT2D eigenvalue weighted by Crippen LogP contribution is 2.31. The van der Waals surface area contributed by atoms with Crippen molar-refractivity contribution in [2.75, 3.05) is 31.6 Å². The highest BCUT2D eigenvalue weighted by Gasteiger charge is 2.20. The second-order valence-corrected chi connectivity index (χ2v) is 10.7. The van der Waals surface area contributed by atoms with Gasteiger partial charge in [0.15, 0.2) is 0 Å². The Morgan fingerprint density at radius 1 is 1.11 bits per heavy atom. The number of rotatable bonds is 7. The van der Waals surface area contributed by atoms with Gasteiger partial charge < -0.3 is 20.3 Å². The monoisotopic (exact) mass is 520 g/mol. The second-order valence-electron chi connectivity index (χ2n) is 9.17.